The first kappa shape index (κ1) is 18.8. The van der Waals surface area contributed by atoms with Crippen molar-refractivity contribution in [3.63, 3.8) is 0 Å². The molecule has 2 aliphatic rings. The summed E-state index contributed by atoms with van der Waals surface area (Å²) in [5.74, 6) is 1.12. The Hall–Kier alpha value is -3.57. The van der Waals surface area contributed by atoms with Crippen LogP contribution in [0.3, 0.4) is 0 Å². The molecule has 2 aromatic rings. The fraction of sp³-hybridized carbons (Fsp3) is 0.471. The Balaban J connectivity index is 1.28. The van der Waals surface area contributed by atoms with E-state index in [0.717, 1.165) is 5.82 Å². The zero-order valence-electron chi connectivity index (χ0n) is 15.5. The van der Waals surface area contributed by atoms with Crippen molar-refractivity contribution < 1.29 is 24.3 Å². The predicted octanol–water partition coefficient (Wildman–Crippen LogP) is 1.22. The smallest absolute Gasteiger partial charge is 0.414 e. The van der Waals surface area contributed by atoms with E-state index in [9.17, 15) is 14.9 Å². The van der Waals surface area contributed by atoms with Crippen LogP contribution in [-0.4, -0.2) is 74.4 Å². The summed E-state index contributed by atoms with van der Waals surface area (Å²) in [5.41, 5.74) is 0. The lowest BCUT2D eigenvalue weighted by molar-refractivity contribution is -0.389. The summed E-state index contributed by atoms with van der Waals surface area (Å²) in [4.78, 5) is 32.9. The van der Waals surface area contributed by atoms with E-state index in [0.29, 0.717) is 44.9 Å². The monoisotopic (exact) mass is 404 g/mol. The van der Waals surface area contributed by atoms with E-state index in [1.165, 1.54) is 11.1 Å². The van der Waals surface area contributed by atoms with E-state index in [-0.39, 0.29) is 24.5 Å². The van der Waals surface area contributed by atoms with Gasteiger partial charge in [0.2, 0.25) is 0 Å². The minimum atomic E-state index is -0.900. The van der Waals surface area contributed by atoms with Gasteiger partial charge in [0.05, 0.1) is 6.20 Å². The first-order valence-electron chi connectivity index (χ1n) is 9.19. The van der Waals surface area contributed by atoms with Gasteiger partial charge in [0.15, 0.2) is 0 Å². The molecule has 154 valence electrons. The van der Waals surface area contributed by atoms with Crippen molar-refractivity contribution in [2.75, 3.05) is 37.7 Å². The quantitative estimate of drug-likeness (QED) is 0.576. The van der Waals surface area contributed by atoms with Gasteiger partial charge in [0, 0.05) is 44.1 Å². The normalized spacial score (nSPS) is 18.7. The van der Waals surface area contributed by atoms with Gasteiger partial charge in [-0.3, -0.25) is 4.57 Å². The molecule has 1 N–H and O–H groups in total. The van der Waals surface area contributed by atoms with Crippen molar-refractivity contribution in [1.82, 2.24) is 19.4 Å². The van der Waals surface area contributed by atoms with Crippen molar-refractivity contribution >= 4 is 17.7 Å². The number of piperazine rings is 1. The molecular formula is C17H20N6O6. The van der Waals surface area contributed by atoms with Crippen LogP contribution in [0.25, 0.3) is 0 Å². The van der Waals surface area contributed by atoms with E-state index >= 15 is 0 Å². The number of fused-ring (bicyclic) bond motifs is 1. The molecule has 4 rings (SSSR count). The Labute approximate surface area is 165 Å². The molecule has 12 heteroatoms. The number of hydrogen-bond acceptors (Lipinski definition) is 8. The molecule has 0 aromatic carbocycles. The van der Waals surface area contributed by atoms with E-state index in [1.807, 2.05) is 11.0 Å². The summed E-state index contributed by atoms with van der Waals surface area (Å²) in [7, 11) is 0. The highest BCUT2D eigenvalue weighted by atomic mass is 16.6. The van der Waals surface area contributed by atoms with E-state index < -0.39 is 11.0 Å². The maximum Gasteiger partial charge on any atom is 0.414 e. The summed E-state index contributed by atoms with van der Waals surface area (Å²) in [5, 5.41) is 19.8. The summed E-state index contributed by atoms with van der Waals surface area (Å²) < 4.78 is 13.0. The van der Waals surface area contributed by atoms with E-state index in [4.69, 9.17) is 14.6 Å². The first-order valence-corrected chi connectivity index (χ1v) is 9.19. The number of anilines is 1. The van der Waals surface area contributed by atoms with Crippen molar-refractivity contribution in [2.24, 2.45) is 0 Å². The van der Waals surface area contributed by atoms with Crippen LogP contribution in [0.15, 0.2) is 24.5 Å². The molecule has 12 nitrogen and oxygen atoms in total. The average molecular weight is 404 g/mol. The molecular weight excluding hydrogens is 384 g/mol. The second-order valence-electron chi connectivity index (χ2n) is 6.78. The number of pyridine rings is 1. The van der Waals surface area contributed by atoms with Crippen LogP contribution >= 0.6 is 0 Å². The van der Waals surface area contributed by atoms with Crippen LogP contribution < -0.4 is 14.4 Å². The van der Waals surface area contributed by atoms with Crippen molar-refractivity contribution in [1.29, 1.82) is 0 Å². The molecule has 0 saturated carbocycles. The number of imidazole rings is 1. The number of aryl methyl sites for hydroxylation is 1. The van der Waals surface area contributed by atoms with E-state index in [1.54, 1.807) is 16.8 Å². The van der Waals surface area contributed by atoms with Gasteiger partial charge in [-0.25, -0.2) is 9.78 Å². The molecule has 1 saturated heterocycles. The summed E-state index contributed by atoms with van der Waals surface area (Å²) in [6.45, 7) is 2.93. The van der Waals surface area contributed by atoms with Crippen LogP contribution in [0.5, 0.6) is 11.8 Å². The van der Waals surface area contributed by atoms with Crippen molar-refractivity contribution in [2.45, 2.75) is 19.1 Å². The minimum Gasteiger partial charge on any atom is -0.488 e. The highest BCUT2D eigenvalue weighted by molar-refractivity contribution is 5.65. The number of nitro groups is 1. The lowest BCUT2D eigenvalue weighted by Gasteiger charge is -2.33. The molecule has 29 heavy (non-hydrogen) atoms. The number of carboxylic acid groups (broad SMARTS) is 1. The fourth-order valence-electron chi connectivity index (χ4n) is 3.30. The molecule has 4 heterocycles. The van der Waals surface area contributed by atoms with Crippen molar-refractivity contribution in [3.05, 3.63) is 34.6 Å². The van der Waals surface area contributed by atoms with Crippen LogP contribution in [0.4, 0.5) is 16.4 Å². The summed E-state index contributed by atoms with van der Waals surface area (Å²) in [6.07, 6.45) is 2.48. The minimum absolute atomic E-state index is 0.227. The molecule has 1 atom stereocenters. The SMILES string of the molecule is O=C(O)N1CCN(c2ccc(OCC3CCn4cc([N+](=O)[O-])nc4O3)cn2)CC1. The lowest BCUT2D eigenvalue weighted by Crippen LogP contribution is -2.48. The Bertz CT molecular complexity index is 892. The van der Waals surface area contributed by atoms with Crippen LogP contribution in [-0.2, 0) is 6.54 Å². The Morgan fingerprint density at radius 2 is 2.10 bits per heavy atom. The van der Waals surface area contributed by atoms with Gasteiger partial charge in [-0.1, -0.05) is 0 Å². The molecule has 0 bridgehead atoms. The van der Waals surface area contributed by atoms with Gasteiger partial charge in [0.1, 0.15) is 30.5 Å². The van der Waals surface area contributed by atoms with Gasteiger partial charge in [-0.2, -0.15) is 0 Å². The topological polar surface area (TPSA) is 136 Å². The number of amides is 1. The van der Waals surface area contributed by atoms with Crippen LogP contribution in [0, 0.1) is 10.1 Å². The lowest BCUT2D eigenvalue weighted by atomic mass is 10.2. The fourth-order valence-corrected chi connectivity index (χ4v) is 3.30. The molecule has 0 radical (unpaired) electrons. The average Bonchev–Trinajstić information content (AvgIpc) is 3.16. The zero-order valence-corrected chi connectivity index (χ0v) is 15.5. The van der Waals surface area contributed by atoms with E-state index in [2.05, 4.69) is 9.97 Å². The Kier molecular flexibility index (Phi) is 5.06. The van der Waals surface area contributed by atoms with Crippen LogP contribution in [0.1, 0.15) is 6.42 Å². The Morgan fingerprint density at radius 3 is 2.76 bits per heavy atom. The number of hydrogen-bond donors (Lipinski definition) is 1. The molecule has 0 aliphatic carbocycles. The molecule has 1 unspecified atom stereocenters. The van der Waals surface area contributed by atoms with Gasteiger partial charge in [0.25, 0.3) is 0 Å². The second-order valence-corrected chi connectivity index (χ2v) is 6.78. The maximum absolute atomic E-state index is 11.0. The molecule has 1 amide bonds. The standard InChI is InChI=1S/C17H20N6O6/c24-17(25)21-7-5-20(6-8-21)14-2-1-12(9-18-14)28-11-13-3-4-22-10-15(23(26)27)19-16(22)29-13/h1-2,9-10,13H,3-8,11H2,(H,24,25). The van der Waals surface area contributed by atoms with Gasteiger partial charge in [-0.05, 0) is 17.1 Å². The third-order valence-electron chi connectivity index (χ3n) is 4.91. The molecule has 2 aliphatic heterocycles. The van der Waals surface area contributed by atoms with Gasteiger partial charge in [-0.15, -0.1) is 0 Å². The van der Waals surface area contributed by atoms with Crippen LogP contribution in [0.2, 0.25) is 0 Å². The number of nitrogens with zero attached hydrogens (tertiary/aromatic N) is 6. The number of carbonyl (C=O) groups is 1. The van der Waals surface area contributed by atoms with Gasteiger partial charge >= 0.3 is 17.9 Å². The molecule has 2 aromatic heterocycles. The zero-order chi connectivity index (χ0) is 20.4. The largest absolute Gasteiger partial charge is 0.488 e. The van der Waals surface area contributed by atoms with Gasteiger partial charge < -0.3 is 34.5 Å². The highest BCUT2D eigenvalue weighted by Gasteiger charge is 2.28. The third kappa shape index (κ3) is 4.15. The summed E-state index contributed by atoms with van der Waals surface area (Å²) in [6, 6.07) is 3.87. The second kappa shape index (κ2) is 7.81. The Morgan fingerprint density at radius 1 is 1.31 bits per heavy atom. The highest BCUT2D eigenvalue weighted by Crippen LogP contribution is 2.25. The summed E-state index contributed by atoms with van der Waals surface area (Å²) >= 11 is 0. The predicted molar refractivity (Wildman–Crippen MR) is 99.5 cm³/mol. The molecule has 1 fully saturated rings. The van der Waals surface area contributed by atoms with Crippen molar-refractivity contribution in [3.8, 4) is 11.8 Å². The third-order valence-corrected chi connectivity index (χ3v) is 4.91. The number of aromatic nitrogens is 3. The number of rotatable bonds is 5. The number of ether oxygens (including phenoxy) is 2. The maximum atomic E-state index is 11.0. The first-order chi connectivity index (χ1) is 14.0. The molecule has 0 spiro atoms.